The second kappa shape index (κ2) is 11.9. The number of nitrogens with zero attached hydrogens (tertiary/aromatic N) is 2. The molecule has 0 atom stereocenters. The highest BCUT2D eigenvalue weighted by molar-refractivity contribution is 14.0. The zero-order valence-electron chi connectivity index (χ0n) is 13.1. The van der Waals surface area contributed by atoms with Gasteiger partial charge in [-0.2, -0.15) is 11.8 Å². The number of hydrogen-bond donors (Lipinski definition) is 1. The minimum atomic E-state index is 0. The quantitative estimate of drug-likeness (QED) is 0.241. The SMILES string of the molecule is C=CCSCCNC(=NC)N(C)Cc1ccc(C)cc1.I. The van der Waals surface area contributed by atoms with Crippen molar-refractivity contribution in [3.05, 3.63) is 48.0 Å². The monoisotopic (exact) mass is 419 g/mol. The van der Waals surface area contributed by atoms with Crippen molar-refractivity contribution in [3.63, 3.8) is 0 Å². The molecule has 0 bridgehead atoms. The van der Waals surface area contributed by atoms with E-state index in [0.717, 1.165) is 30.6 Å². The van der Waals surface area contributed by atoms with Gasteiger partial charge in [0.25, 0.3) is 0 Å². The van der Waals surface area contributed by atoms with Gasteiger partial charge in [-0.1, -0.05) is 35.9 Å². The van der Waals surface area contributed by atoms with Crippen molar-refractivity contribution in [3.8, 4) is 0 Å². The third-order valence-corrected chi connectivity index (χ3v) is 3.84. The fourth-order valence-corrected chi connectivity index (χ4v) is 2.41. The zero-order chi connectivity index (χ0) is 14.8. The summed E-state index contributed by atoms with van der Waals surface area (Å²) >= 11 is 1.87. The van der Waals surface area contributed by atoms with Crippen LogP contribution in [0.1, 0.15) is 11.1 Å². The Labute approximate surface area is 150 Å². The highest BCUT2D eigenvalue weighted by atomic mass is 127. The number of thioether (sulfide) groups is 1. The maximum Gasteiger partial charge on any atom is 0.193 e. The molecule has 1 aromatic rings. The first-order valence-electron chi connectivity index (χ1n) is 6.83. The van der Waals surface area contributed by atoms with Gasteiger partial charge >= 0.3 is 0 Å². The van der Waals surface area contributed by atoms with Gasteiger partial charge in [0, 0.05) is 38.7 Å². The summed E-state index contributed by atoms with van der Waals surface area (Å²) in [5.74, 6) is 2.99. The van der Waals surface area contributed by atoms with Gasteiger partial charge in [0.1, 0.15) is 0 Å². The maximum absolute atomic E-state index is 4.32. The van der Waals surface area contributed by atoms with Gasteiger partial charge in [-0.15, -0.1) is 30.6 Å². The summed E-state index contributed by atoms with van der Waals surface area (Å²) in [4.78, 5) is 6.46. The lowest BCUT2D eigenvalue weighted by Crippen LogP contribution is -2.39. The first-order chi connectivity index (χ1) is 9.67. The third kappa shape index (κ3) is 8.36. The van der Waals surface area contributed by atoms with Gasteiger partial charge in [0.2, 0.25) is 0 Å². The Morgan fingerprint density at radius 2 is 2.05 bits per heavy atom. The van der Waals surface area contributed by atoms with E-state index in [4.69, 9.17) is 0 Å². The highest BCUT2D eigenvalue weighted by Crippen LogP contribution is 2.06. The molecule has 1 rings (SSSR count). The maximum atomic E-state index is 4.32. The van der Waals surface area contributed by atoms with Crippen LogP contribution in [0.15, 0.2) is 41.9 Å². The van der Waals surface area contributed by atoms with Crippen LogP contribution in [0, 0.1) is 6.92 Å². The molecule has 0 fully saturated rings. The summed E-state index contributed by atoms with van der Waals surface area (Å²) in [5, 5.41) is 3.38. The lowest BCUT2D eigenvalue weighted by Gasteiger charge is -2.22. The van der Waals surface area contributed by atoms with Gasteiger partial charge in [-0.05, 0) is 12.5 Å². The van der Waals surface area contributed by atoms with Crippen molar-refractivity contribution in [1.82, 2.24) is 10.2 Å². The van der Waals surface area contributed by atoms with E-state index in [1.165, 1.54) is 11.1 Å². The first-order valence-corrected chi connectivity index (χ1v) is 7.98. The molecule has 0 spiro atoms. The molecule has 1 N–H and O–H groups in total. The predicted molar refractivity (Wildman–Crippen MR) is 107 cm³/mol. The van der Waals surface area contributed by atoms with Crippen molar-refractivity contribution >= 4 is 41.7 Å². The predicted octanol–water partition coefficient (Wildman–Crippen LogP) is 3.54. The summed E-state index contributed by atoms with van der Waals surface area (Å²) in [6, 6.07) is 8.62. The number of benzene rings is 1. The molecule has 1 aromatic carbocycles. The van der Waals surface area contributed by atoms with Gasteiger partial charge < -0.3 is 10.2 Å². The first kappa shape index (κ1) is 20.3. The van der Waals surface area contributed by atoms with Crippen molar-refractivity contribution in [2.75, 3.05) is 32.1 Å². The van der Waals surface area contributed by atoms with Crippen molar-refractivity contribution < 1.29 is 0 Å². The van der Waals surface area contributed by atoms with Crippen LogP contribution in [0.5, 0.6) is 0 Å². The van der Waals surface area contributed by atoms with Gasteiger partial charge in [0.15, 0.2) is 5.96 Å². The third-order valence-electron chi connectivity index (χ3n) is 2.88. The number of aliphatic imine (C=N–C) groups is 1. The average Bonchev–Trinajstić information content (AvgIpc) is 2.45. The molecule has 0 unspecified atom stereocenters. The van der Waals surface area contributed by atoms with E-state index >= 15 is 0 Å². The summed E-state index contributed by atoms with van der Waals surface area (Å²) in [6.45, 7) is 7.60. The van der Waals surface area contributed by atoms with Gasteiger partial charge in [-0.3, -0.25) is 4.99 Å². The Morgan fingerprint density at radius 1 is 1.38 bits per heavy atom. The molecule has 0 heterocycles. The second-order valence-corrected chi connectivity index (χ2v) is 5.83. The molecular weight excluding hydrogens is 393 g/mol. The van der Waals surface area contributed by atoms with Crippen LogP contribution in [-0.2, 0) is 6.54 Å². The average molecular weight is 419 g/mol. The van der Waals surface area contributed by atoms with E-state index < -0.39 is 0 Å². The number of rotatable bonds is 7. The van der Waals surface area contributed by atoms with Crippen LogP contribution in [0.4, 0.5) is 0 Å². The van der Waals surface area contributed by atoms with Gasteiger partial charge in [-0.25, -0.2) is 0 Å². The van der Waals surface area contributed by atoms with E-state index in [9.17, 15) is 0 Å². The fourth-order valence-electron chi connectivity index (χ4n) is 1.83. The number of aryl methyl sites for hydroxylation is 1. The minimum absolute atomic E-state index is 0. The molecule has 0 aliphatic heterocycles. The molecule has 0 saturated carbocycles. The number of nitrogens with one attached hydrogen (secondary N) is 1. The van der Waals surface area contributed by atoms with Crippen LogP contribution < -0.4 is 5.32 Å². The Kier molecular flexibility index (Phi) is 11.5. The number of guanidine groups is 1. The molecule has 0 aromatic heterocycles. The van der Waals surface area contributed by atoms with E-state index in [2.05, 4.69) is 60.0 Å². The normalized spacial score (nSPS) is 10.7. The standard InChI is InChI=1S/C16H25N3S.HI/c1-5-11-20-12-10-18-16(17-3)19(4)13-15-8-6-14(2)7-9-15;/h5-9H,1,10-13H2,2-4H3,(H,17,18);1H. The molecule has 118 valence electrons. The van der Waals surface area contributed by atoms with Crippen LogP contribution in [0.2, 0.25) is 0 Å². The molecule has 0 aliphatic rings. The van der Waals surface area contributed by atoms with Crippen LogP contribution in [0.3, 0.4) is 0 Å². The van der Waals surface area contributed by atoms with E-state index in [0.29, 0.717) is 0 Å². The van der Waals surface area contributed by atoms with E-state index in [1.807, 2.05) is 24.9 Å². The molecule has 21 heavy (non-hydrogen) atoms. The molecule has 3 nitrogen and oxygen atoms in total. The molecule has 0 radical (unpaired) electrons. The summed E-state index contributed by atoms with van der Waals surface area (Å²) in [5.41, 5.74) is 2.58. The largest absolute Gasteiger partial charge is 0.355 e. The molecule has 0 saturated heterocycles. The molecule has 0 aliphatic carbocycles. The van der Waals surface area contributed by atoms with Crippen molar-refractivity contribution in [2.24, 2.45) is 4.99 Å². The Balaban J connectivity index is 0.00000400. The second-order valence-electron chi connectivity index (χ2n) is 4.68. The van der Waals surface area contributed by atoms with Gasteiger partial charge in [0.05, 0.1) is 0 Å². The zero-order valence-corrected chi connectivity index (χ0v) is 16.3. The van der Waals surface area contributed by atoms with Crippen molar-refractivity contribution in [1.29, 1.82) is 0 Å². The summed E-state index contributed by atoms with van der Waals surface area (Å²) in [7, 11) is 3.89. The van der Waals surface area contributed by atoms with Crippen LogP contribution in [-0.4, -0.2) is 43.0 Å². The van der Waals surface area contributed by atoms with Crippen LogP contribution in [0.25, 0.3) is 0 Å². The Hall–Kier alpha value is -0.690. The molecular formula is C16H26IN3S. The lowest BCUT2D eigenvalue weighted by molar-refractivity contribution is 0.479. The molecule has 5 heteroatoms. The topological polar surface area (TPSA) is 27.6 Å². The van der Waals surface area contributed by atoms with E-state index in [1.54, 1.807) is 0 Å². The lowest BCUT2D eigenvalue weighted by atomic mass is 10.1. The highest BCUT2D eigenvalue weighted by Gasteiger charge is 2.05. The minimum Gasteiger partial charge on any atom is -0.355 e. The Bertz CT molecular complexity index is 432. The van der Waals surface area contributed by atoms with Crippen LogP contribution >= 0.6 is 35.7 Å². The smallest absolute Gasteiger partial charge is 0.193 e. The summed E-state index contributed by atoms with van der Waals surface area (Å²) < 4.78 is 0. The van der Waals surface area contributed by atoms with Crippen molar-refractivity contribution in [2.45, 2.75) is 13.5 Å². The number of hydrogen-bond acceptors (Lipinski definition) is 2. The summed E-state index contributed by atoms with van der Waals surface area (Å²) in [6.07, 6.45) is 1.93. The van der Waals surface area contributed by atoms with E-state index in [-0.39, 0.29) is 24.0 Å². The fraction of sp³-hybridized carbons (Fsp3) is 0.438. The Morgan fingerprint density at radius 3 is 2.62 bits per heavy atom. The molecule has 0 amide bonds. The number of halogens is 1.